The second kappa shape index (κ2) is 8.80. The fraction of sp³-hybridized carbons (Fsp3) is 0.625. The summed E-state index contributed by atoms with van der Waals surface area (Å²) < 4.78 is 10.8. The van der Waals surface area contributed by atoms with Crippen LogP contribution in [0, 0.1) is 12.3 Å². The monoisotopic (exact) mass is 276 g/mol. The third-order valence-corrected chi connectivity index (χ3v) is 3.63. The maximum atomic E-state index is 5.55. The van der Waals surface area contributed by atoms with Crippen LogP contribution in [0.25, 0.3) is 0 Å². The summed E-state index contributed by atoms with van der Waals surface area (Å²) >= 11 is 0. The fourth-order valence-electron chi connectivity index (χ4n) is 2.47. The highest BCUT2D eigenvalue weighted by atomic mass is 16.5. The van der Waals surface area contributed by atoms with E-state index in [9.17, 15) is 0 Å². The average molecular weight is 276 g/mol. The lowest BCUT2D eigenvalue weighted by Gasteiger charge is -2.31. The molecule has 4 heteroatoms. The van der Waals surface area contributed by atoms with Crippen molar-refractivity contribution in [2.45, 2.75) is 31.9 Å². The number of nitrogens with one attached hydrogen (secondary N) is 1. The van der Waals surface area contributed by atoms with Gasteiger partial charge in [0, 0.05) is 25.7 Å². The number of piperidine rings is 1. The van der Waals surface area contributed by atoms with Crippen molar-refractivity contribution in [1.29, 1.82) is 0 Å². The minimum absolute atomic E-state index is 0.567. The molecule has 0 spiro atoms. The van der Waals surface area contributed by atoms with E-state index in [1.54, 1.807) is 6.26 Å². The number of ether oxygens (including phenoxy) is 1. The number of furan rings is 1. The molecule has 2 rings (SSSR count). The van der Waals surface area contributed by atoms with Gasteiger partial charge >= 0.3 is 0 Å². The molecule has 1 aromatic heterocycles. The normalized spacial score (nSPS) is 17.1. The van der Waals surface area contributed by atoms with Gasteiger partial charge in [0.1, 0.15) is 12.4 Å². The van der Waals surface area contributed by atoms with Crippen molar-refractivity contribution in [2.75, 3.05) is 32.8 Å². The lowest BCUT2D eigenvalue weighted by molar-refractivity contribution is 0.103. The van der Waals surface area contributed by atoms with Crippen molar-refractivity contribution >= 4 is 0 Å². The smallest absolute Gasteiger partial charge is 0.129 e. The molecule has 1 saturated heterocycles. The fourth-order valence-corrected chi connectivity index (χ4v) is 2.47. The van der Waals surface area contributed by atoms with Gasteiger partial charge in [-0.3, -0.25) is 4.90 Å². The van der Waals surface area contributed by atoms with Crippen LogP contribution in [-0.2, 0) is 11.3 Å². The molecule has 1 aliphatic rings. The molecule has 1 aliphatic heterocycles. The highest BCUT2D eigenvalue weighted by Gasteiger charge is 2.17. The minimum Gasteiger partial charge on any atom is -0.467 e. The highest BCUT2D eigenvalue weighted by Crippen LogP contribution is 2.09. The lowest BCUT2D eigenvalue weighted by Crippen LogP contribution is -2.42. The molecule has 0 atom stereocenters. The molecule has 2 heterocycles. The Labute approximate surface area is 121 Å². The van der Waals surface area contributed by atoms with E-state index in [1.807, 2.05) is 12.1 Å². The Balaban J connectivity index is 1.45. The van der Waals surface area contributed by atoms with Crippen LogP contribution < -0.4 is 5.32 Å². The Kier molecular flexibility index (Phi) is 6.65. The van der Waals surface area contributed by atoms with Gasteiger partial charge in [0.25, 0.3) is 0 Å². The molecule has 0 bridgehead atoms. The van der Waals surface area contributed by atoms with Crippen molar-refractivity contribution in [2.24, 2.45) is 0 Å². The van der Waals surface area contributed by atoms with Crippen molar-refractivity contribution in [1.82, 2.24) is 10.2 Å². The molecule has 0 aromatic carbocycles. The minimum atomic E-state index is 0.567. The lowest BCUT2D eigenvalue weighted by atomic mass is 10.1. The molecule has 0 saturated carbocycles. The van der Waals surface area contributed by atoms with Crippen molar-refractivity contribution in [3.05, 3.63) is 24.2 Å². The van der Waals surface area contributed by atoms with E-state index >= 15 is 0 Å². The van der Waals surface area contributed by atoms with E-state index in [2.05, 4.69) is 16.1 Å². The van der Waals surface area contributed by atoms with Crippen LogP contribution in [0.3, 0.4) is 0 Å². The Morgan fingerprint density at radius 1 is 1.45 bits per heavy atom. The first-order valence-electron chi connectivity index (χ1n) is 7.38. The van der Waals surface area contributed by atoms with E-state index in [4.69, 9.17) is 15.6 Å². The predicted octanol–water partition coefficient (Wildman–Crippen LogP) is 1.87. The van der Waals surface area contributed by atoms with Gasteiger partial charge in [-0.25, -0.2) is 0 Å². The zero-order valence-electron chi connectivity index (χ0n) is 12.0. The highest BCUT2D eigenvalue weighted by molar-refractivity contribution is 4.96. The van der Waals surface area contributed by atoms with Crippen LogP contribution in [0.4, 0.5) is 0 Å². The Morgan fingerprint density at radius 3 is 3.00 bits per heavy atom. The molecule has 4 nitrogen and oxygen atoms in total. The second-order valence-electron chi connectivity index (χ2n) is 5.19. The zero-order chi connectivity index (χ0) is 14.0. The average Bonchev–Trinajstić information content (AvgIpc) is 2.98. The summed E-state index contributed by atoms with van der Waals surface area (Å²) in [7, 11) is 0. The van der Waals surface area contributed by atoms with Gasteiger partial charge in [-0.1, -0.05) is 5.92 Å². The molecule has 0 radical (unpaired) electrons. The Bertz CT molecular complexity index is 389. The summed E-state index contributed by atoms with van der Waals surface area (Å²) in [5.41, 5.74) is 0. The van der Waals surface area contributed by atoms with Crippen LogP contribution in [-0.4, -0.2) is 43.7 Å². The van der Waals surface area contributed by atoms with Crippen LogP contribution in [0.5, 0.6) is 0 Å². The van der Waals surface area contributed by atoms with Crippen molar-refractivity contribution in [3.8, 4) is 12.3 Å². The van der Waals surface area contributed by atoms with E-state index < -0.39 is 0 Å². The van der Waals surface area contributed by atoms with Crippen LogP contribution in [0.15, 0.2) is 22.8 Å². The van der Waals surface area contributed by atoms with Crippen molar-refractivity contribution < 1.29 is 9.15 Å². The summed E-state index contributed by atoms with van der Waals surface area (Å²) in [6.07, 6.45) is 10.4. The number of likely N-dealkylation sites (tertiary alicyclic amines) is 1. The zero-order valence-corrected chi connectivity index (χ0v) is 12.0. The van der Waals surface area contributed by atoms with Gasteiger partial charge in [0.2, 0.25) is 0 Å². The van der Waals surface area contributed by atoms with Gasteiger partial charge < -0.3 is 14.5 Å². The van der Waals surface area contributed by atoms with Crippen molar-refractivity contribution in [3.63, 3.8) is 0 Å². The molecule has 20 heavy (non-hydrogen) atoms. The molecule has 110 valence electrons. The molecule has 1 aromatic rings. The largest absolute Gasteiger partial charge is 0.467 e. The van der Waals surface area contributed by atoms with E-state index in [0.717, 1.165) is 45.0 Å². The first-order valence-corrected chi connectivity index (χ1v) is 7.38. The number of hydrogen-bond donors (Lipinski definition) is 1. The third kappa shape index (κ3) is 5.38. The molecule has 0 unspecified atom stereocenters. The summed E-state index contributed by atoms with van der Waals surface area (Å²) in [6, 6.07) is 4.45. The van der Waals surface area contributed by atoms with Gasteiger partial charge in [0.15, 0.2) is 0 Å². The quantitative estimate of drug-likeness (QED) is 0.581. The van der Waals surface area contributed by atoms with Gasteiger partial charge in [-0.2, -0.15) is 0 Å². The van der Waals surface area contributed by atoms with E-state index in [1.165, 1.54) is 12.8 Å². The van der Waals surface area contributed by atoms with Gasteiger partial charge in [-0.15, -0.1) is 6.42 Å². The first-order chi connectivity index (χ1) is 9.88. The first kappa shape index (κ1) is 15.1. The summed E-state index contributed by atoms with van der Waals surface area (Å²) in [6.45, 7) is 5.35. The molecular formula is C16H24N2O2. The topological polar surface area (TPSA) is 37.6 Å². The number of terminal acetylenes is 1. The van der Waals surface area contributed by atoms with E-state index in [0.29, 0.717) is 12.6 Å². The molecule has 0 amide bonds. The summed E-state index contributed by atoms with van der Waals surface area (Å²) in [5, 5.41) is 3.60. The standard InChI is InChI=1S/C16H24N2O2/c1-2-9-18-10-6-15(7-11-18)17-8-4-12-19-14-16-5-3-13-20-16/h1,3,5,13,15,17H,4,6-12,14H2. The number of hydrogen-bond acceptors (Lipinski definition) is 4. The molecule has 0 aliphatic carbocycles. The molecular weight excluding hydrogens is 252 g/mol. The number of rotatable bonds is 8. The summed E-state index contributed by atoms with van der Waals surface area (Å²) in [4.78, 5) is 2.34. The Morgan fingerprint density at radius 2 is 2.30 bits per heavy atom. The molecule has 1 fully saturated rings. The SMILES string of the molecule is C#CCN1CCC(NCCCOCc2ccco2)CC1. The third-order valence-electron chi connectivity index (χ3n) is 3.63. The van der Waals surface area contributed by atoms with Crippen LogP contribution in [0.1, 0.15) is 25.0 Å². The molecule has 1 N–H and O–H groups in total. The predicted molar refractivity (Wildman–Crippen MR) is 79.3 cm³/mol. The van der Waals surface area contributed by atoms with E-state index in [-0.39, 0.29) is 0 Å². The van der Waals surface area contributed by atoms with Crippen LogP contribution >= 0.6 is 0 Å². The second-order valence-corrected chi connectivity index (χ2v) is 5.19. The van der Waals surface area contributed by atoms with Gasteiger partial charge in [-0.05, 0) is 37.9 Å². The number of nitrogens with zero attached hydrogens (tertiary/aromatic N) is 1. The maximum Gasteiger partial charge on any atom is 0.129 e. The van der Waals surface area contributed by atoms with Gasteiger partial charge in [0.05, 0.1) is 12.8 Å². The van der Waals surface area contributed by atoms with Crippen LogP contribution in [0.2, 0.25) is 0 Å². The summed E-state index contributed by atoms with van der Waals surface area (Å²) in [5.74, 6) is 3.60. The Hall–Kier alpha value is -1.28. The maximum absolute atomic E-state index is 5.55.